The van der Waals surface area contributed by atoms with Gasteiger partial charge in [0.1, 0.15) is 17.0 Å². The van der Waals surface area contributed by atoms with Crippen LogP contribution in [0.3, 0.4) is 0 Å². The lowest BCUT2D eigenvalue weighted by molar-refractivity contribution is -0.139. The first-order valence-electron chi connectivity index (χ1n) is 8.80. The van der Waals surface area contributed by atoms with Crippen LogP contribution in [-0.4, -0.2) is 40.3 Å². The number of carbonyl (C=O) groups excluding carboxylic acids is 1. The third-order valence-corrected chi connectivity index (χ3v) is 7.19. The van der Waals surface area contributed by atoms with E-state index >= 15 is 0 Å². The fourth-order valence-electron chi connectivity index (χ4n) is 2.58. The minimum absolute atomic E-state index is 0.225. The summed E-state index contributed by atoms with van der Waals surface area (Å²) in [6.07, 6.45) is 2.20. The highest BCUT2D eigenvalue weighted by molar-refractivity contribution is 8.01. The quantitative estimate of drug-likeness (QED) is 0.480. The van der Waals surface area contributed by atoms with E-state index in [2.05, 4.69) is 11.4 Å². The summed E-state index contributed by atoms with van der Waals surface area (Å²) < 4.78 is 0.744. The van der Waals surface area contributed by atoms with E-state index in [-0.39, 0.29) is 5.25 Å². The number of halogens is 1. The van der Waals surface area contributed by atoms with E-state index in [1.54, 1.807) is 24.3 Å². The molecule has 0 unspecified atom stereocenters. The molecule has 0 radical (unpaired) electrons. The Morgan fingerprint density at radius 3 is 2.48 bits per heavy atom. The first kappa shape index (κ1) is 23.6. The molecule has 5 nitrogen and oxygen atoms in total. The Balaban J connectivity index is 2.52. The van der Waals surface area contributed by atoms with Crippen molar-refractivity contribution in [1.82, 2.24) is 5.32 Å². The van der Waals surface area contributed by atoms with E-state index in [9.17, 15) is 20.0 Å². The van der Waals surface area contributed by atoms with Crippen molar-refractivity contribution in [2.24, 2.45) is 0 Å². The number of hydrogen-bond acceptors (Lipinski definition) is 6. The van der Waals surface area contributed by atoms with E-state index in [1.807, 2.05) is 20.1 Å². The Labute approximate surface area is 187 Å². The highest BCUT2D eigenvalue weighted by Gasteiger charge is 2.28. The number of amides is 1. The van der Waals surface area contributed by atoms with Gasteiger partial charge in [-0.15, -0.1) is 23.1 Å². The van der Waals surface area contributed by atoms with Gasteiger partial charge in [-0.3, -0.25) is 4.79 Å². The van der Waals surface area contributed by atoms with Crippen LogP contribution in [0, 0.1) is 11.3 Å². The van der Waals surface area contributed by atoms with Gasteiger partial charge < -0.3 is 10.4 Å². The van der Waals surface area contributed by atoms with Gasteiger partial charge in [0.15, 0.2) is 0 Å². The molecule has 0 aliphatic rings. The van der Waals surface area contributed by atoms with Gasteiger partial charge in [-0.05, 0) is 36.1 Å². The number of carbonyl (C=O) groups is 2. The van der Waals surface area contributed by atoms with Gasteiger partial charge in [0.25, 0.3) is 5.91 Å². The number of benzene rings is 1. The second-order valence-electron chi connectivity index (χ2n) is 6.40. The first-order chi connectivity index (χ1) is 13.8. The van der Waals surface area contributed by atoms with Crippen molar-refractivity contribution in [3.63, 3.8) is 0 Å². The fraction of sp³-hybridized carbons (Fsp3) is 0.350. The van der Waals surface area contributed by atoms with Crippen LogP contribution >= 0.6 is 46.5 Å². The molecule has 0 spiro atoms. The van der Waals surface area contributed by atoms with Crippen LogP contribution in [0.25, 0.3) is 11.1 Å². The maximum Gasteiger partial charge on any atom is 0.326 e. The summed E-state index contributed by atoms with van der Waals surface area (Å²) in [6.45, 7) is 4.02. The summed E-state index contributed by atoms with van der Waals surface area (Å²) >= 11 is 10.2. The number of carboxylic acid groups (broad SMARTS) is 1. The molecule has 0 aliphatic heterocycles. The summed E-state index contributed by atoms with van der Waals surface area (Å²) in [5.74, 6) is -0.946. The summed E-state index contributed by atoms with van der Waals surface area (Å²) in [7, 11) is 0. The summed E-state index contributed by atoms with van der Waals surface area (Å²) in [5, 5.41) is 22.6. The lowest BCUT2D eigenvalue weighted by Gasteiger charge is -2.14. The van der Waals surface area contributed by atoms with Crippen LogP contribution in [-0.2, 0) is 4.79 Å². The van der Waals surface area contributed by atoms with Crippen molar-refractivity contribution in [2.75, 3.05) is 12.0 Å². The third-order valence-electron chi connectivity index (χ3n) is 3.88. The molecule has 2 aromatic rings. The van der Waals surface area contributed by atoms with E-state index < -0.39 is 17.9 Å². The average molecular weight is 469 g/mol. The first-order valence-corrected chi connectivity index (χ1v) is 12.3. The molecule has 0 aliphatic carbocycles. The van der Waals surface area contributed by atoms with E-state index in [1.165, 1.54) is 34.9 Å². The van der Waals surface area contributed by atoms with Crippen molar-refractivity contribution in [3.05, 3.63) is 39.7 Å². The normalized spacial score (nSPS) is 11.9. The molecule has 2 rings (SSSR count). The van der Waals surface area contributed by atoms with Crippen LogP contribution in [0.1, 0.15) is 35.5 Å². The van der Waals surface area contributed by atoms with Gasteiger partial charge in [0, 0.05) is 15.8 Å². The predicted octanol–water partition coefficient (Wildman–Crippen LogP) is 5.38. The number of thioether (sulfide) groups is 2. The topological polar surface area (TPSA) is 90.2 Å². The van der Waals surface area contributed by atoms with Gasteiger partial charge >= 0.3 is 5.97 Å². The van der Waals surface area contributed by atoms with Crippen LogP contribution in [0.15, 0.2) is 28.5 Å². The van der Waals surface area contributed by atoms with Gasteiger partial charge in [0.05, 0.1) is 9.77 Å². The maximum atomic E-state index is 13.0. The van der Waals surface area contributed by atoms with Crippen LogP contribution < -0.4 is 5.32 Å². The van der Waals surface area contributed by atoms with Crippen molar-refractivity contribution < 1.29 is 14.7 Å². The van der Waals surface area contributed by atoms with Gasteiger partial charge in [0.2, 0.25) is 0 Å². The van der Waals surface area contributed by atoms with E-state index in [0.717, 1.165) is 4.21 Å². The van der Waals surface area contributed by atoms with Crippen molar-refractivity contribution in [2.45, 2.75) is 35.8 Å². The molecule has 9 heteroatoms. The number of nitrogens with one attached hydrogen (secondary N) is 1. The van der Waals surface area contributed by atoms with Gasteiger partial charge in [-0.2, -0.15) is 17.0 Å². The smallest absolute Gasteiger partial charge is 0.326 e. The number of hydrogen-bond donors (Lipinski definition) is 2. The van der Waals surface area contributed by atoms with Gasteiger partial charge in [-0.25, -0.2) is 4.79 Å². The molecule has 154 valence electrons. The largest absolute Gasteiger partial charge is 0.480 e. The zero-order chi connectivity index (χ0) is 21.6. The Morgan fingerprint density at radius 2 is 1.97 bits per heavy atom. The number of aliphatic carboxylic acids is 1. The highest BCUT2D eigenvalue weighted by Crippen LogP contribution is 2.43. The lowest BCUT2D eigenvalue weighted by atomic mass is 10.0. The SMILES string of the molecule is CSCC[C@@H](NC(=O)c1sc(SC(C)C)c(C#N)c1-c1ccc(Cl)cc1)C(=O)O. The second-order valence-corrected chi connectivity index (χ2v) is 10.7. The zero-order valence-corrected chi connectivity index (χ0v) is 19.4. The Kier molecular flexibility index (Phi) is 8.90. The molecule has 29 heavy (non-hydrogen) atoms. The summed E-state index contributed by atoms with van der Waals surface area (Å²) in [4.78, 5) is 24.9. The average Bonchev–Trinajstić information content (AvgIpc) is 3.02. The summed E-state index contributed by atoms with van der Waals surface area (Å²) in [6, 6.07) is 8.16. The molecular weight excluding hydrogens is 448 g/mol. The van der Waals surface area contributed by atoms with Gasteiger partial charge in [-0.1, -0.05) is 37.6 Å². The number of rotatable bonds is 9. The third kappa shape index (κ3) is 6.16. The Hall–Kier alpha value is -1.66. The molecule has 1 amide bonds. The monoisotopic (exact) mass is 468 g/mol. The van der Waals surface area contributed by atoms with Crippen molar-refractivity contribution >= 4 is 58.3 Å². The zero-order valence-electron chi connectivity index (χ0n) is 16.2. The number of nitriles is 1. The Morgan fingerprint density at radius 1 is 1.31 bits per heavy atom. The molecule has 1 aromatic carbocycles. The van der Waals surface area contributed by atoms with Crippen molar-refractivity contribution in [3.8, 4) is 17.2 Å². The number of thiophene rings is 1. The fourth-order valence-corrected chi connectivity index (χ4v) is 5.80. The van der Waals surface area contributed by atoms with Crippen LogP contribution in [0.4, 0.5) is 0 Å². The van der Waals surface area contributed by atoms with E-state index in [0.29, 0.717) is 38.8 Å². The van der Waals surface area contributed by atoms with Crippen molar-refractivity contribution in [1.29, 1.82) is 5.26 Å². The summed E-state index contributed by atoms with van der Waals surface area (Å²) in [5.41, 5.74) is 1.64. The molecule has 2 N–H and O–H groups in total. The minimum Gasteiger partial charge on any atom is -0.480 e. The van der Waals surface area contributed by atoms with Crippen LogP contribution in [0.2, 0.25) is 5.02 Å². The molecule has 1 aromatic heterocycles. The molecular formula is C20H21ClN2O3S3. The standard InChI is InChI=1S/C20H21ClN2O3S3/c1-11(2)28-20-14(10-22)16(12-4-6-13(21)7-5-12)17(29-20)18(24)23-15(19(25)26)8-9-27-3/h4-7,11,15H,8-9H2,1-3H3,(H,23,24)(H,25,26)/t15-/m1/s1. The predicted molar refractivity (Wildman–Crippen MR) is 122 cm³/mol. The van der Waals surface area contributed by atoms with Crippen LogP contribution in [0.5, 0.6) is 0 Å². The second kappa shape index (κ2) is 10.9. The Bertz CT molecular complexity index is 920. The molecule has 0 saturated heterocycles. The molecule has 1 atom stereocenters. The molecule has 0 fully saturated rings. The highest BCUT2D eigenvalue weighted by atomic mass is 35.5. The number of carboxylic acids is 1. The maximum absolute atomic E-state index is 13.0. The minimum atomic E-state index is -1.07. The number of nitrogens with zero attached hydrogens (tertiary/aromatic N) is 1. The molecule has 0 saturated carbocycles. The lowest BCUT2D eigenvalue weighted by Crippen LogP contribution is -2.41. The molecule has 0 bridgehead atoms. The molecule has 1 heterocycles. The van der Waals surface area contributed by atoms with E-state index in [4.69, 9.17) is 11.6 Å².